The van der Waals surface area contributed by atoms with Crippen LogP contribution in [0.15, 0.2) is 4.99 Å². The number of nitrogens with zero attached hydrogens (tertiary/aromatic N) is 1. The molecule has 0 aromatic heterocycles. The summed E-state index contributed by atoms with van der Waals surface area (Å²) >= 11 is 1.71. The van der Waals surface area contributed by atoms with E-state index in [9.17, 15) is 4.79 Å². The highest BCUT2D eigenvalue weighted by Crippen LogP contribution is 2.21. The Kier molecular flexibility index (Phi) is 4.41. The summed E-state index contributed by atoms with van der Waals surface area (Å²) < 4.78 is 4.99. The minimum Gasteiger partial charge on any atom is -0.370 e. The first-order valence-corrected chi connectivity index (χ1v) is 5.80. The average Bonchev–Trinajstić information content (AvgIpc) is 2.44. The largest absolute Gasteiger partial charge is 0.370 e. The number of aliphatic imine (C=N–C) groups is 1. The van der Waals surface area contributed by atoms with E-state index in [-0.39, 0.29) is 12.1 Å². The smallest absolute Gasteiger partial charge is 0.243 e. The van der Waals surface area contributed by atoms with Gasteiger partial charge in [-0.25, -0.2) is 0 Å². The molecule has 86 valence electrons. The van der Waals surface area contributed by atoms with Gasteiger partial charge in [-0.15, -0.1) is 0 Å². The molecule has 1 heterocycles. The summed E-state index contributed by atoms with van der Waals surface area (Å²) in [6, 6.07) is 0. The van der Waals surface area contributed by atoms with E-state index in [0.717, 1.165) is 10.9 Å². The van der Waals surface area contributed by atoms with Crippen LogP contribution in [0.1, 0.15) is 13.8 Å². The van der Waals surface area contributed by atoms with Crippen LogP contribution in [0.2, 0.25) is 0 Å². The molecule has 0 saturated carbocycles. The van der Waals surface area contributed by atoms with E-state index in [2.05, 4.69) is 24.2 Å². The van der Waals surface area contributed by atoms with Crippen LogP contribution in [0.4, 0.5) is 0 Å². The number of nitrogens with one attached hydrogen (secondary N) is 1. The summed E-state index contributed by atoms with van der Waals surface area (Å²) in [5.41, 5.74) is 5.04. The van der Waals surface area contributed by atoms with Crippen molar-refractivity contribution < 1.29 is 9.53 Å². The van der Waals surface area contributed by atoms with E-state index < -0.39 is 5.91 Å². The third-order valence-corrected chi connectivity index (χ3v) is 3.12. The normalized spacial score (nSPS) is 21.6. The summed E-state index contributed by atoms with van der Waals surface area (Å²) in [6.07, 6.45) is 0. The molecular formula is C9H17N3O2S. The molecule has 0 aromatic carbocycles. The lowest BCUT2D eigenvalue weighted by molar-refractivity contribution is -0.122. The standard InChI is InChI=1S/C9H17N3O2S/c1-9(2)6-15-8(12-9)11-3-4-14-5-7(10)13/h3-6H2,1-2H3,(H2,10,13)(H,11,12). The van der Waals surface area contributed by atoms with Crippen LogP contribution < -0.4 is 11.1 Å². The number of hydrogen-bond acceptors (Lipinski definition) is 4. The van der Waals surface area contributed by atoms with Gasteiger partial charge in [0.25, 0.3) is 0 Å². The van der Waals surface area contributed by atoms with Crippen molar-refractivity contribution in [3.63, 3.8) is 0 Å². The molecule has 0 aliphatic carbocycles. The van der Waals surface area contributed by atoms with Gasteiger partial charge in [-0.2, -0.15) is 0 Å². The van der Waals surface area contributed by atoms with Crippen LogP contribution in [0.3, 0.4) is 0 Å². The molecule has 0 bridgehead atoms. The molecule has 6 heteroatoms. The second kappa shape index (κ2) is 5.37. The molecular weight excluding hydrogens is 214 g/mol. The molecule has 1 fully saturated rings. The van der Waals surface area contributed by atoms with Crippen molar-refractivity contribution in [1.82, 2.24) is 5.32 Å². The van der Waals surface area contributed by atoms with E-state index in [1.807, 2.05) is 0 Å². The first-order chi connectivity index (χ1) is 6.99. The maximum Gasteiger partial charge on any atom is 0.243 e. The molecule has 0 atom stereocenters. The van der Waals surface area contributed by atoms with Crippen molar-refractivity contribution in [3.8, 4) is 0 Å². The summed E-state index contributed by atoms with van der Waals surface area (Å²) in [4.78, 5) is 14.7. The maximum absolute atomic E-state index is 10.3. The summed E-state index contributed by atoms with van der Waals surface area (Å²) in [5.74, 6) is 0.575. The number of thioether (sulfide) groups is 1. The van der Waals surface area contributed by atoms with E-state index in [1.54, 1.807) is 11.8 Å². The minimum absolute atomic E-state index is 0.0308. The average molecular weight is 231 g/mol. The number of amidine groups is 1. The van der Waals surface area contributed by atoms with Crippen molar-refractivity contribution in [2.24, 2.45) is 10.7 Å². The number of primary amides is 1. The first-order valence-electron chi connectivity index (χ1n) is 4.81. The highest BCUT2D eigenvalue weighted by molar-refractivity contribution is 8.14. The van der Waals surface area contributed by atoms with Crippen LogP contribution in [0.25, 0.3) is 0 Å². The zero-order valence-corrected chi connectivity index (χ0v) is 9.89. The fourth-order valence-corrected chi connectivity index (χ4v) is 2.18. The zero-order chi connectivity index (χ0) is 11.3. The van der Waals surface area contributed by atoms with Gasteiger partial charge in [-0.1, -0.05) is 11.8 Å². The number of rotatable bonds is 5. The molecule has 0 aromatic rings. The molecule has 3 N–H and O–H groups in total. The van der Waals surface area contributed by atoms with Gasteiger partial charge in [0, 0.05) is 11.3 Å². The Hall–Kier alpha value is -0.750. The SMILES string of the molecule is CC1(C)CSC(=NCCOCC(N)=O)N1. The second-order valence-corrected chi connectivity index (χ2v) is 4.97. The maximum atomic E-state index is 10.3. The lowest BCUT2D eigenvalue weighted by Gasteiger charge is -2.15. The van der Waals surface area contributed by atoms with Crippen LogP contribution >= 0.6 is 11.8 Å². The summed E-state index contributed by atoms with van der Waals surface area (Å²) in [7, 11) is 0. The molecule has 5 nitrogen and oxygen atoms in total. The van der Waals surface area contributed by atoms with Crippen molar-refractivity contribution in [3.05, 3.63) is 0 Å². The number of ether oxygens (including phenoxy) is 1. The minimum atomic E-state index is -0.447. The van der Waals surface area contributed by atoms with Crippen LogP contribution in [-0.4, -0.2) is 42.1 Å². The Labute approximate surface area is 93.8 Å². The monoisotopic (exact) mass is 231 g/mol. The van der Waals surface area contributed by atoms with Gasteiger partial charge in [0.15, 0.2) is 5.17 Å². The molecule has 15 heavy (non-hydrogen) atoms. The highest BCUT2D eigenvalue weighted by atomic mass is 32.2. The first kappa shape index (κ1) is 12.3. The molecule has 1 rings (SSSR count). The van der Waals surface area contributed by atoms with Gasteiger partial charge in [0.05, 0.1) is 13.2 Å². The third-order valence-electron chi connectivity index (χ3n) is 1.75. The Morgan fingerprint density at radius 1 is 1.73 bits per heavy atom. The van der Waals surface area contributed by atoms with Crippen molar-refractivity contribution in [2.75, 3.05) is 25.5 Å². The molecule has 0 spiro atoms. The lowest BCUT2D eigenvalue weighted by Crippen LogP contribution is -2.37. The third kappa shape index (κ3) is 5.03. The number of carbonyl (C=O) groups is 1. The predicted molar refractivity (Wildman–Crippen MR) is 62.0 cm³/mol. The van der Waals surface area contributed by atoms with Crippen LogP contribution in [0, 0.1) is 0 Å². The second-order valence-electron chi connectivity index (χ2n) is 4.00. The fourth-order valence-electron chi connectivity index (χ4n) is 1.08. The van der Waals surface area contributed by atoms with Crippen LogP contribution in [-0.2, 0) is 9.53 Å². The molecule has 1 amide bonds. The Morgan fingerprint density at radius 3 is 3.00 bits per heavy atom. The fraction of sp³-hybridized carbons (Fsp3) is 0.778. The zero-order valence-electron chi connectivity index (χ0n) is 9.08. The Balaban J connectivity index is 2.14. The van der Waals surface area contributed by atoms with E-state index in [1.165, 1.54) is 0 Å². The van der Waals surface area contributed by atoms with Gasteiger partial charge in [0.1, 0.15) is 6.61 Å². The van der Waals surface area contributed by atoms with Crippen LogP contribution in [0.5, 0.6) is 0 Å². The number of carbonyl (C=O) groups excluding carboxylic acids is 1. The molecule has 1 aliphatic rings. The summed E-state index contributed by atoms with van der Waals surface area (Å²) in [6.45, 7) is 5.21. The van der Waals surface area contributed by atoms with Gasteiger partial charge >= 0.3 is 0 Å². The van der Waals surface area contributed by atoms with Gasteiger partial charge in [-0.3, -0.25) is 9.79 Å². The van der Waals surface area contributed by atoms with E-state index in [4.69, 9.17) is 10.5 Å². The molecule has 0 radical (unpaired) electrons. The van der Waals surface area contributed by atoms with Gasteiger partial charge in [0.2, 0.25) is 5.91 Å². The van der Waals surface area contributed by atoms with Crippen molar-refractivity contribution in [1.29, 1.82) is 0 Å². The van der Waals surface area contributed by atoms with Crippen molar-refractivity contribution >= 4 is 22.8 Å². The molecule has 1 aliphatic heterocycles. The molecule has 1 saturated heterocycles. The number of amides is 1. The number of nitrogens with two attached hydrogens (primary N) is 1. The predicted octanol–water partition coefficient (Wildman–Crippen LogP) is -0.0407. The summed E-state index contributed by atoms with van der Waals surface area (Å²) in [5, 5.41) is 4.24. The quantitative estimate of drug-likeness (QED) is 0.651. The topological polar surface area (TPSA) is 76.7 Å². The Bertz CT molecular complexity index is 266. The number of hydrogen-bond donors (Lipinski definition) is 2. The van der Waals surface area contributed by atoms with Gasteiger partial charge in [-0.05, 0) is 13.8 Å². The van der Waals surface area contributed by atoms with E-state index in [0.29, 0.717) is 13.2 Å². The van der Waals surface area contributed by atoms with E-state index >= 15 is 0 Å². The van der Waals surface area contributed by atoms with Crippen molar-refractivity contribution in [2.45, 2.75) is 19.4 Å². The Morgan fingerprint density at radius 2 is 2.47 bits per heavy atom. The van der Waals surface area contributed by atoms with Gasteiger partial charge < -0.3 is 15.8 Å². The molecule has 0 unspecified atom stereocenters. The highest BCUT2D eigenvalue weighted by Gasteiger charge is 2.26. The lowest BCUT2D eigenvalue weighted by atomic mass is 10.1.